The zero-order chi connectivity index (χ0) is 11.8. The topological polar surface area (TPSA) is 65.8 Å². The maximum Gasteiger partial charge on any atom is 0.324 e. The van der Waals surface area contributed by atoms with Gasteiger partial charge in [-0.05, 0) is 12.1 Å². The summed E-state index contributed by atoms with van der Waals surface area (Å²) in [7, 11) is 0. The van der Waals surface area contributed by atoms with Crippen LogP contribution in [0.25, 0.3) is 0 Å². The van der Waals surface area contributed by atoms with Crippen molar-refractivity contribution < 1.29 is 14.0 Å². The van der Waals surface area contributed by atoms with Gasteiger partial charge in [0.15, 0.2) is 0 Å². The first-order valence-electron chi connectivity index (χ1n) is 5.58. The molecule has 0 radical (unpaired) electrons. The van der Waals surface area contributed by atoms with Gasteiger partial charge >= 0.3 is 6.03 Å². The summed E-state index contributed by atoms with van der Waals surface area (Å²) in [6.07, 6.45) is 1.64. The summed E-state index contributed by atoms with van der Waals surface area (Å²) in [5.74, 6) is 0.776. The van der Waals surface area contributed by atoms with Gasteiger partial charge in [0.05, 0.1) is 25.4 Å². The largest absolute Gasteiger partial charge is 0.468 e. The van der Waals surface area contributed by atoms with Gasteiger partial charge in [0.25, 0.3) is 0 Å². The van der Waals surface area contributed by atoms with E-state index in [0.29, 0.717) is 0 Å². The number of nitrogens with one attached hydrogen (secondary N) is 1. The number of rotatable bonds is 3. The van der Waals surface area contributed by atoms with Crippen LogP contribution in [0.15, 0.2) is 22.8 Å². The van der Waals surface area contributed by atoms with Gasteiger partial charge in [0.1, 0.15) is 5.76 Å². The molecule has 0 aliphatic carbocycles. The fraction of sp³-hybridized carbons (Fsp3) is 0.455. The Morgan fingerprint density at radius 1 is 1.41 bits per heavy atom. The number of nitrogens with zero attached hydrogens (tertiary/aromatic N) is 2. The first-order valence-corrected chi connectivity index (χ1v) is 5.58. The van der Waals surface area contributed by atoms with Crippen LogP contribution < -0.4 is 5.32 Å². The highest BCUT2D eigenvalue weighted by molar-refractivity contribution is 6.02. The Labute approximate surface area is 98.2 Å². The number of carbonyl (C=O) groups is 2. The number of amides is 3. The summed E-state index contributed by atoms with van der Waals surface area (Å²) in [6.45, 7) is 2.31. The molecule has 6 heteroatoms. The van der Waals surface area contributed by atoms with E-state index in [1.165, 1.54) is 4.90 Å². The fourth-order valence-electron chi connectivity index (χ4n) is 2.26. The SMILES string of the molecule is O=C1CNC(=O)N1C1CN(Cc2ccco2)C1. The number of hydrogen-bond acceptors (Lipinski definition) is 4. The van der Waals surface area contributed by atoms with Crippen molar-refractivity contribution in [2.75, 3.05) is 19.6 Å². The van der Waals surface area contributed by atoms with E-state index in [-0.39, 0.29) is 24.5 Å². The van der Waals surface area contributed by atoms with Gasteiger partial charge < -0.3 is 9.73 Å². The van der Waals surface area contributed by atoms with E-state index in [0.717, 1.165) is 25.4 Å². The lowest BCUT2D eigenvalue weighted by molar-refractivity contribution is -0.129. The van der Waals surface area contributed by atoms with E-state index in [1.54, 1.807) is 6.26 Å². The summed E-state index contributed by atoms with van der Waals surface area (Å²) in [5.41, 5.74) is 0. The standard InChI is InChI=1S/C11H13N3O3/c15-10-4-12-11(16)14(10)8-5-13(6-8)7-9-2-1-3-17-9/h1-3,8H,4-7H2,(H,12,16). The highest BCUT2D eigenvalue weighted by Crippen LogP contribution is 2.19. The minimum absolute atomic E-state index is 0.0139. The van der Waals surface area contributed by atoms with Crippen LogP contribution in [0, 0.1) is 0 Å². The van der Waals surface area contributed by atoms with Crippen molar-refractivity contribution in [3.63, 3.8) is 0 Å². The van der Waals surface area contributed by atoms with Crippen LogP contribution in [-0.4, -0.2) is 47.4 Å². The molecule has 0 bridgehead atoms. The zero-order valence-electron chi connectivity index (χ0n) is 9.26. The summed E-state index contributed by atoms with van der Waals surface area (Å²) >= 11 is 0. The van der Waals surface area contributed by atoms with Crippen molar-refractivity contribution in [2.24, 2.45) is 0 Å². The second-order valence-electron chi connectivity index (χ2n) is 4.35. The number of imide groups is 1. The summed E-state index contributed by atoms with van der Waals surface area (Å²) in [4.78, 5) is 26.3. The Kier molecular flexibility index (Phi) is 2.36. The van der Waals surface area contributed by atoms with Crippen LogP contribution in [0.5, 0.6) is 0 Å². The van der Waals surface area contributed by atoms with Gasteiger partial charge in [-0.2, -0.15) is 0 Å². The molecule has 3 rings (SSSR count). The lowest BCUT2D eigenvalue weighted by Gasteiger charge is -2.42. The molecular weight excluding hydrogens is 222 g/mol. The van der Waals surface area contributed by atoms with Crippen molar-refractivity contribution in [3.05, 3.63) is 24.2 Å². The second kappa shape index (κ2) is 3.89. The number of urea groups is 1. The molecule has 6 nitrogen and oxygen atoms in total. The van der Waals surface area contributed by atoms with Crippen molar-refractivity contribution >= 4 is 11.9 Å². The lowest BCUT2D eigenvalue weighted by atomic mass is 10.1. The third-order valence-electron chi connectivity index (χ3n) is 3.14. The Morgan fingerprint density at radius 2 is 2.24 bits per heavy atom. The molecule has 1 aromatic rings. The Morgan fingerprint density at radius 3 is 2.82 bits per heavy atom. The average Bonchev–Trinajstić information content (AvgIpc) is 2.84. The predicted octanol–water partition coefficient (Wildman–Crippen LogP) is 0.0156. The van der Waals surface area contributed by atoms with Gasteiger partial charge in [-0.3, -0.25) is 14.6 Å². The number of hydrogen-bond donors (Lipinski definition) is 1. The highest BCUT2D eigenvalue weighted by Gasteiger charge is 2.41. The molecule has 0 saturated carbocycles. The minimum Gasteiger partial charge on any atom is -0.468 e. The van der Waals surface area contributed by atoms with Crippen molar-refractivity contribution in [1.29, 1.82) is 0 Å². The number of carbonyl (C=O) groups excluding carboxylic acids is 2. The van der Waals surface area contributed by atoms with Crippen LogP contribution in [0.3, 0.4) is 0 Å². The van der Waals surface area contributed by atoms with Gasteiger partial charge in [-0.25, -0.2) is 4.79 Å². The second-order valence-corrected chi connectivity index (χ2v) is 4.35. The number of likely N-dealkylation sites (tertiary alicyclic amines) is 1. The van der Waals surface area contributed by atoms with Crippen LogP contribution >= 0.6 is 0 Å². The van der Waals surface area contributed by atoms with Crippen molar-refractivity contribution in [1.82, 2.24) is 15.1 Å². The fourth-order valence-corrected chi connectivity index (χ4v) is 2.26. The van der Waals surface area contributed by atoms with Crippen molar-refractivity contribution in [3.8, 4) is 0 Å². The van der Waals surface area contributed by atoms with Crippen LogP contribution in [0.2, 0.25) is 0 Å². The molecule has 2 saturated heterocycles. The maximum absolute atomic E-state index is 11.4. The van der Waals surface area contributed by atoms with Gasteiger partial charge in [-0.1, -0.05) is 0 Å². The lowest BCUT2D eigenvalue weighted by Crippen LogP contribution is -2.60. The highest BCUT2D eigenvalue weighted by atomic mass is 16.3. The van der Waals surface area contributed by atoms with E-state index in [9.17, 15) is 9.59 Å². The van der Waals surface area contributed by atoms with E-state index in [4.69, 9.17) is 4.42 Å². The predicted molar refractivity (Wildman–Crippen MR) is 58.0 cm³/mol. The third kappa shape index (κ3) is 1.80. The van der Waals surface area contributed by atoms with E-state index in [1.807, 2.05) is 12.1 Å². The molecule has 0 spiro atoms. The summed E-state index contributed by atoms with van der Waals surface area (Å²) < 4.78 is 5.24. The zero-order valence-corrected chi connectivity index (χ0v) is 9.26. The summed E-state index contributed by atoms with van der Waals surface area (Å²) in [5, 5.41) is 2.53. The maximum atomic E-state index is 11.4. The normalized spacial score (nSPS) is 21.8. The first-order chi connectivity index (χ1) is 8.24. The Balaban J connectivity index is 1.54. The molecule has 90 valence electrons. The average molecular weight is 235 g/mol. The van der Waals surface area contributed by atoms with Crippen molar-refractivity contribution in [2.45, 2.75) is 12.6 Å². The van der Waals surface area contributed by atoms with Gasteiger partial charge in [0.2, 0.25) is 5.91 Å². The van der Waals surface area contributed by atoms with Gasteiger partial charge in [-0.15, -0.1) is 0 Å². The first kappa shape index (κ1) is 10.3. The van der Waals surface area contributed by atoms with Crippen LogP contribution in [0.4, 0.5) is 4.79 Å². The minimum atomic E-state index is -0.266. The quantitative estimate of drug-likeness (QED) is 0.750. The molecule has 3 heterocycles. The molecule has 1 aromatic heterocycles. The van der Waals surface area contributed by atoms with Gasteiger partial charge in [0, 0.05) is 13.1 Å². The Bertz CT molecular complexity index is 421. The molecule has 0 unspecified atom stereocenters. The molecule has 2 fully saturated rings. The monoisotopic (exact) mass is 235 g/mol. The van der Waals surface area contributed by atoms with E-state index < -0.39 is 0 Å². The molecule has 17 heavy (non-hydrogen) atoms. The molecule has 1 N–H and O–H groups in total. The van der Waals surface area contributed by atoms with Crippen LogP contribution in [0.1, 0.15) is 5.76 Å². The molecule has 0 atom stereocenters. The van der Waals surface area contributed by atoms with Crippen LogP contribution in [-0.2, 0) is 11.3 Å². The molecular formula is C11H13N3O3. The molecule has 0 aromatic carbocycles. The Hall–Kier alpha value is -1.82. The van der Waals surface area contributed by atoms with E-state index >= 15 is 0 Å². The molecule has 3 amide bonds. The third-order valence-corrected chi connectivity index (χ3v) is 3.14. The molecule has 2 aliphatic rings. The smallest absolute Gasteiger partial charge is 0.324 e. The number of furan rings is 1. The molecule has 2 aliphatic heterocycles. The van der Waals surface area contributed by atoms with E-state index in [2.05, 4.69) is 10.2 Å². The summed E-state index contributed by atoms with van der Waals surface area (Å²) in [6, 6.07) is 3.52.